The van der Waals surface area contributed by atoms with E-state index in [-0.39, 0.29) is 29.4 Å². The van der Waals surface area contributed by atoms with Gasteiger partial charge in [0.2, 0.25) is 0 Å². The highest BCUT2D eigenvalue weighted by Crippen LogP contribution is 2.28. The van der Waals surface area contributed by atoms with Crippen LogP contribution in [0, 0.1) is 0 Å². The quantitative estimate of drug-likeness (QED) is 0.582. The normalized spacial score (nSPS) is 25.7. The third-order valence-corrected chi connectivity index (χ3v) is 7.08. The summed E-state index contributed by atoms with van der Waals surface area (Å²) in [5, 5.41) is 0. The maximum atomic E-state index is 12.3. The fourth-order valence-corrected chi connectivity index (χ4v) is 5.94. The van der Waals surface area contributed by atoms with Gasteiger partial charge >= 0.3 is 0 Å². The molecule has 2 atom stereocenters. The molecule has 0 amide bonds. The van der Waals surface area contributed by atoms with Gasteiger partial charge in [-0.3, -0.25) is 14.6 Å². The molecule has 2 aliphatic rings. The number of hydrogen-bond acceptors (Lipinski definition) is 5. The van der Waals surface area contributed by atoms with Gasteiger partial charge in [-0.15, -0.1) is 0 Å². The number of Topliss-reactive ketones (excluding diaryl/α,β-unsaturated/α-hetero) is 1. The molecule has 0 aliphatic carbocycles. The van der Waals surface area contributed by atoms with E-state index in [1.165, 1.54) is 5.57 Å². The molecule has 0 spiro atoms. The third kappa shape index (κ3) is 4.42. The monoisotopic (exact) mass is 376 g/mol. The van der Waals surface area contributed by atoms with Crippen LogP contribution in [-0.4, -0.2) is 67.2 Å². The Labute approximate surface area is 156 Å². The van der Waals surface area contributed by atoms with E-state index < -0.39 is 9.84 Å². The van der Waals surface area contributed by atoms with Crippen molar-refractivity contribution in [2.24, 2.45) is 0 Å². The van der Waals surface area contributed by atoms with Crippen LogP contribution < -0.4 is 0 Å². The van der Waals surface area contributed by atoms with E-state index in [1.807, 2.05) is 24.3 Å². The zero-order valence-corrected chi connectivity index (χ0v) is 16.6. The van der Waals surface area contributed by atoms with Crippen LogP contribution in [0.1, 0.15) is 36.7 Å². The predicted molar refractivity (Wildman–Crippen MR) is 104 cm³/mol. The molecule has 0 N–H and O–H groups in total. The van der Waals surface area contributed by atoms with Crippen molar-refractivity contribution in [2.75, 3.05) is 31.1 Å². The lowest BCUT2D eigenvalue weighted by Gasteiger charge is -2.43. The third-order valence-electron chi connectivity index (χ3n) is 5.39. The molecule has 6 heteroatoms. The molecule has 1 aromatic rings. The lowest BCUT2D eigenvalue weighted by atomic mass is 10.0. The number of allylic oxidation sites excluding steroid dienone is 1. The number of piperazine rings is 1. The molecule has 1 aromatic carbocycles. The minimum Gasteiger partial charge on any atom is -0.295 e. The number of hydrogen-bond donors (Lipinski definition) is 0. The molecule has 0 radical (unpaired) electrons. The molecule has 0 aromatic heterocycles. The van der Waals surface area contributed by atoms with Gasteiger partial charge in [-0.05, 0) is 26.3 Å². The zero-order valence-electron chi connectivity index (χ0n) is 15.8. The first-order chi connectivity index (χ1) is 12.2. The summed E-state index contributed by atoms with van der Waals surface area (Å²) < 4.78 is 24.6. The number of carbonyl (C=O) groups is 1. The molecule has 5 nitrogen and oxygen atoms in total. The first-order valence-corrected chi connectivity index (χ1v) is 11.0. The second kappa shape index (κ2) is 7.62. The SMILES string of the molecule is CC(=O)c1ccc(CN2CCN(CC=C(C)C)[C@@H]3CS(=O)(=O)C[C@@H]32)cc1. The Balaban J connectivity index is 1.75. The molecule has 2 heterocycles. The Morgan fingerprint density at radius 3 is 2.19 bits per heavy atom. The minimum absolute atomic E-state index is 0.0480. The second-order valence-electron chi connectivity index (χ2n) is 7.71. The van der Waals surface area contributed by atoms with Crippen molar-refractivity contribution in [3.63, 3.8) is 0 Å². The van der Waals surface area contributed by atoms with Gasteiger partial charge in [0.1, 0.15) is 0 Å². The number of sulfone groups is 1. The average molecular weight is 377 g/mol. The molecule has 2 aliphatic heterocycles. The van der Waals surface area contributed by atoms with Crippen LogP contribution in [0.25, 0.3) is 0 Å². The van der Waals surface area contributed by atoms with Gasteiger partial charge in [-0.2, -0.15) is 0 Å². The average Bonchev–Trinajstić information content (AvgIpc) is 2.90. The molecular weight excluding hydrogens is 348 g/mol. The summed E-state index contributed by atoms with van der Waals surface area (Å²) in [5.74, 6) is 0.564. The second-order valence-corrected chi connectivity index (χ2v) is 9.87. The van der Waals surface area contributed by atoms with Crippen molar-refractivity contribution in [1.82, 2.24) is 9.80 Å². The van der Waals surface area contributed by atoms with Gasteiger partial charge in [0, 0.05) is 43.8 Å². The first kappa shape index (κ1) is 19.3. The lowest BCUT2D eigenvalue weighted by Crippen LogP contribution is -2.58. The number of carbonyl (C=O) groups excluding carboxylic acids is 1. The molecular formula is C20H28N2O3S. The van der Waals surface area contributed by atoms with Crippen molar-refractivity contribution in [3.8, 4) is 0 Å². The molecule has 142 valence electrons. The summed E-state index contributed by atoms with van der Waals surface area (Å²) in [7, 11) is -2.99. The molecule has 3 rings (SSSR count). The van der Waals surface area contributed by atoms with Gasteiger partial charge in [0.25, 0.3) is 0 Å². The Kier molecular flexibility index (Phi) is 5.65. The molecule has 26 heavy (non-hydrogen) atoms. The zero-order chi connectivity index (χ0) is 18.9. The van der Waals surface area contributed by atoms with E-state index >= 15 is 0 Å². The first-order valence-electron chi connectivity index (χ1n) is 9.17. The summed E-state index contributed by atoms with van der Waals surface area (Å²) in [4.78, 5) is 16.0. The van der Waals surface area contributed by atoms with Crippen LogP contribution in [0.2, 0.25) is 0 Å². The number of fused-ring (bicyclic) bond motifs is 1. The highest BCUT2D eigenvalue weighted by molar-refractivity contribution is 7.91. The van der Waals surface area contributed by atoms with E-state index in [1.54, 1.807) is 6.92 Å². The van der Waals surface area contributed by atoms with Crippen LogP contribution in [0.15, 0.2) is 35.9 Å². The van der Waals surface area contributed by atoms with Crippen molar-refractivity contribution < 1.29 is 13.2 Å². The van der Waals surface area contributed by atoms with Crippen LogP contribution in [0.3, 0.4) is 0 Å². The fraction of sp³-hybridized carbons (Fsp3) is 0.550. The maximum absolute atomic E-state index is 12.3. The Morgan fingerprint density at radius 1 is 1.04 bits per heavy atom. The maximum Gasteiger partial charge on any atom is 0.159 e. The summed E-state index contributed by atoms with van der Waals surface area (Å²) in [6.45, 7) is 9.00. The Bertz CT molecular complexity index is 795. The van der Waals surface area contributed by atoms with E-state index in [0.29, 0.717) is 5.56 Å². The standard InChI is InChI=1S/C20H28N2O3S/c1-15(2)8-9-21-10-11-22(20-14-26(24,25)13-19(20)21)12-17-4-6-18(7-5-17)16(3)23/h4-8,19-20H,9-14H2,1-3H3/t19-,20+/m1/s1. The lowest BCUT2D eigenvalue weighted by molar-refractivity contribution is 0.0478. The van der Waals surface area contributed by atoms with Gasteiger partial charge < -0.3 is 0 Å². The molecule has 0 saturated carbocycles. The van der Waals surface area contributed by atoms with E-state index in [2.05, 4.69) is 29.7 Å². The van der Waals surface area contributed by atoms with Crippen LogP contribution in [0.5, 0.6) is 0 Å². The van der Waals surface area contributed by atoms with Gasteiger partial charge in [0.15, 0.2) is 15.6 Å². The van der Waals surface area contributed by atoms with Crippen molar-refractivity contribution in [1.29, 1.82) is 0 Å². The van der Waals surface area contributed by atoms with Crippen LogP contribution in [-0.2, 0) is 16.4 Å². The number of ketones is 1. The molecule has 2 fully saturated rings. The largest absolute Gasteiger partial charge is 0.295 e. The highest BCUT2D eigenvalue weighted by Gasteiger charge is 2.46. The molecule has 0 bridgehead atoms. The molecule has 2 saturated heterocycles. The van der Waals surface area contributed by atoms with Gasteiger partial charge in [0.05, 0.1) is 11.5 Å². The predicted octanol–water partition coefficient (Wildman–Crippen LogP) is 2.14. The van der Waals surface area contributed by atoms with Gasteiger partial charge in [-0.1, -0.05) is 35.9 Å². The molecule has 0 unspecified atom stereocenters. The van der Waals surface area contributed by atoms with Gasteiger partial charge in [-0.25, -0.2) is 8.42 Å². The Hall–Kier alpha value is -1.50. The van der Waals surface area contributed by atoms with E-state index in [9.17, 15) is 13.2 Å². The minimum atomic E-state index is -2.99. The summed E-state index contributed by atoms with van der Waals surface area (Å²) in [6, 6.07) is 7.78. The van der Waals surface area contributed by atoms with Crippen molar-refractivity contribution in [3.05, 3.63) is 47.0 Å². The van der Waals surface area contributed by atoms with Crippen LogP contribution >= 0.6 is 0 Å². The Morgan fingerprint density at radius 2 is 1.62 bits per heavy atom. The van der Waals surface area contributed by atoms with Crippen molar-refractivity contribution in [2.45, 2.75) is 39.4 Å². The smallest absolute Gasteiger partial charge is 0.159 e. The van der Waals surface area contributed by atoms with Crippen LogP contribution in [0.4, 0.5) is 0 Å². The van der Waals surface area contributed by atoms with E-state index in [0.717, 1.165) is 31.7 Å². The fourth-order valence-electron chi connectivity index (χ4n) is 3.90. The summed E-state index contributed by atoms with van der Waals surface area (Å²) in [6.07, 6.45) is 2.18. The topological polar surface area (TPSA) is 57.7 Å². The summed E-state index contributed by atoms with van der Waals surface area (Å²) in [5.41, 5.74) is 3.09. The van der Waals surface area contributed by atoms with E-state index in [4.69, 9.17) is 0 Å². The number of benzene rings is 1. The number of nitrogens with zero attached hydrogens (tertiary/aromatic N) is 2. The van der Waals surface area contributed by atoms with Crippen molar-refractivity contribution >= 4 is 15.6 Å². The summed E-state index contributed by atoms with van der Waals surface area (Å²) >= 11 is 0. The number of rotatable bonds is 5. The highest BCUT2D eigenvalue weighted by atomic mass is 32.2.